The van der Waals surface area contributed by atoms with Gasteiger partial charge in [-0.1, -0.05) is 6.07 Å². The van der Waals surface area contributed by atoms with Crippen LogP contribution in [-0.4, -0.2) is 25.2 Å². The minimum absolute atomic E-state index is 0.302. The van der Waals surface area contributed by atoms with Gasteiger partial charge in [0.15, 0.2) is 0 Å². The number of nitrogens with zero attached hydrogens (tertiary/aromatic N) is 1. The molecule has 16 heavy (non-hydrogen) atoms. The Balaban J connectivity index is 2.91. The first-order chi connectivity index (χ1) is 7.58. The molecule has 0 fully saturated rings. The van der Waals surface area contributed by atoms with Crippen molar-refractivity contribution in [3.05, 3.63) is 33.9 Å². The maximum absolute atomic E-state index is 10.6. The number of nitro groups is 1. The molecule has 0 bridgehead atoms. The summed E-state index contributed by atoms with van der Waals surface area (Å²) >= 11 is 0. The molecule has 0 heterocycles. The molecular weight excluding hydrogens is 210 g/mol. The van der Waals surface area contributed by atoms with Gasteiger partial charge in [-0.3, -0.25) is 10.1 Å². The lowest BCUT2D eigenvalue weighted by molar-refractivity contribution is -0.517. The van der Waals surface area contributed by atoms with Crippen molar-refractivity contribution in [1.82, 2.24) is 0 Å². The highest BCUT2D eigenvalue weighted by Crippen LogP contribution is 2.25. The van der Waals surface area contributed by atoms with E-state index in [2.05, 4.69) is 0 Å². The third-order valence-corrected chi connectivity index (χ3v) is 2.37. The zero-order chi connectivity index (χ0) is 12.1. The number of hydrogen-bond acceptors (Lipinski definition) is 4. The van der Waals surface area contributed by atoms with Crippen LogP contribution in [0.1, 0.15) is 12.5 Å². The summed E-state index contributed by atoms with van der Waals surface area (Å²) in [4.78, 5) is 10.3. The highest BCUT2D eigenvalue weighted by atomic mass is 16.6. The fourth-order valence-electron chi connectivity index (χ4n) is 1.41. The van der Waals surface area contributed by atoms with E-state index in [1.807, 2.05) is 0 Å². The second-order valence-electron chi connectivity index (χ2n) is 3.52. The number of ether oxygens (including phenoxy) is 2. The highest BCUT2D eigenvalue weighted by molar-refractivity contribution is 5.41. The van der Waals surface area contributed by atoms with E-state index in [-0.39, 0.29) is 4.92 Å². The van der Waals surface area contributed by atoms with Crippen LogP contribution in [0.2, 0.25) is 0 Å². The minimum Gasteiger partial charge on any atom is -0.497 e. The quantitative estimate of drug-likeness (QED) is 0.567. The highest BCUT2D eigenvalue weighted by Gasteiger charge is 2.16. The van der Waals surface area contributed by atoms with Crippen molar-refractivity contribution in [1.29, 1.82) is 0 Å². The first kappa shape index (κ1) is 12.3. The monoisotopic (exact) mass is 225 g/mol. The lowest BCUT2D eigenvalue weighted by Crippen LogP contribution is -2.18. The van der Waals surface area contributed by atoms with Crippen molar-refractivity contribution >= 4 is 0 Å². The largest absolute Gasteiger partial charge is 0.497 e. The second kappa shape index (κ2) is 5.34. The SMILES string of the molecule is COc1ccc(CC(C)[N+](=O)[O-])c(OC)c1. The van der Waals surface area contributed by atoms with Crippen LogP contribution in [0.4, 0.5) is 0 Å². The molecule has 0 aromatic heterocycles. The number of benzene rings is 1. The van der Waals surface area contributed by atoms with Crippen molar-refractivity contribution in [2.75, 3.05) is 14.2 Å². The predicted octanol–water partition coefficient (Wildman–Crippen LogP) is 1.91. The standard InChI is InChI=1S/C11H15NO4/c1-8(12(13)14)6-9-4-5-10(15-2)7-11(9)16-3/h4-5,7-8H,6H2,1-3H3. The Morgan fingerprint density at radius 2 is 2.06 bits per heavy atom. The smallest absolute Gasteiger partial charge is 0.214 e. The van der Waals surface area contributed by atoms with Gasteiger partial charge in [-0.25, -0.2) is 0 Å². The van der Waals surface area contributed by atoms with Crippen LogP contribution in [0.15, 0.2) is 18.2 Å². The Labute approximate surface area is 94.1 Å². The average molecular weight is 225 g/mol. The summed E-state index contributed by atoms with van der Waals surface area (Å²) in [5.41, 5.74) is 0.813. The first-order valence-corrected chi connectivity index (χ1v) is 4.93. The zero-order valence-electron chi connectivity index (χ0n) is 9.60. The van der Waals surface area contributed by atoms with Crippen molar-refractivity contribution in [2.24, 2.45) is 0 Å². The van der Waals surface area contributed by atoms with Gasteiger partial charge in [0.05, 0.1) is 14.2 Å². The summed E-state index contributed by atoms with van der Waals surface area (Å²) in [7, 11) is 3.10. The van der Waals surface area contributed by atoms with Crippen LogP contribution in [0.3, 0.4) is 0 Å². The van der Waals surface area contributed by atoms with E-state index >= 15 is 0 Å². The molecule has 0 amide bonds. The van der Waals surface area contributed by atoms with E-state index in [1.165, 1.54) is 7.11 Å². The summed E-state index contributed by atoms with van der Waals surface area (Å²) in [5.74, 6) is 1.29. The molecule has 0 aliphatic carbocycles. The molecule has 1 rings (SSSR count). The summed E-state index contributed by atoms with van der Waals surface area (Å²) in [6, 6.07) is 4.66. The van der Waals surface area contributed by atoms with Crippen molar-refractivity contribution in [3.8, 4) is 11.5 Å². The summed E-state index contributed by atoms with van der Waals surface area (Å²) in [6.07, 6.45) is 0.347. The van der Waals surface area contributed by atoms with Crippen LogP contribution < -0.4 is 9.47 Å². The van der Waals surface area contributed by atoms with Crippen molar-refractivity contribution in [3.63, 3.8) is 0 Å². The third-order valence-electron chi connectivity index (χ3n) is 2.37. The molecule has 0 spiro atoms. The lowest BCUT2D eigenvalue weighted by atomic mass is 10.1. The van der Waals surface area contributed by atoms with Gasteiger partial charge >= 0.3 is 0 Å². The van der Waals surface area contributed by atoms with Gasteiger partial charge in [0.25, 0.3) is 0 Å². The molecule has 0 saturated carbocycles. The van der Waals surface area contributed by atoms with Gasteiger partial charge in [0.1, 0.15) is 11.5 Å². The Bertz CT molecular complexity index is 378. The van der Waals surface area contributed by atoms with Gasteiger partial charge < -0.3 is 9.47 Å². The van der Waals surface area contributed by atoms with Crippen molar-refractivity contribution in [2.45, 2.75) is 19.4 Å². The number of hydrogen-bond donors (Lipinski definition) is 0. The fraction of sp³-hybridized carbons (Fsp3) is 0.455. The zero-order valence-corrected chi connectivity index (χ0v) is 9.60. The van der Waals surface area contributed by atoms with Gasteiger partial charge in [-0.05, 0) is 6.07 Å². The minimum atomic E-state index is -0.623. The van der Waals surface area contributed by atoms with E-state index in [0.717, 1.165) is 5.56 Å². The van der Waals surface area contributed by atoms with E-state index in [4.69, 9.17) is 9.47 Å². The van der Waals surface area contributed by atoms with Crippen LogP contribution in [0.25, 0.3) is 0 Å². The van der Waals surface area contributed by atoms with Crippen LogP contribution >= 0.6 is 0 Å². The Kier molecular flexibility index (Phi) is 4.10. The molecule has 0 aliphatic heterocycles. The van der Waals surface area contributed by atoms with E-state index in [1.54, 1.807) is 32.2 Å². The fourth-order valence-corrected chi connectivity index (χ4v) is 1.41. The normalized spacial score (nSPS) is 11.9. The molecule has 1 atom stereocenters. The van der Waals surface area contributed by atoms with Crippen LogP contribution in [0, 0.1) is 10.1 Å². The summed E-state index contributed by atoms with van der Waals surface area (Å²) < 4.78 is 10.2. The average Bonchev–Trinajstić information content (AvgIpc) is 2.29. The topological polar surface area (TPSA) is 61.6 Å². The molecule has 0 saturated heterocycles. The Hall–Kier alpha value is -1.78. The molecule has 0 radical (unpaired) electrons. The van der Waals surface area contributed by atoms with E-state index < -0.39 is 6.04 Å². The summed E-state index contributed by atoms with van der Waals surface area (Å²) in [6.45, 7) is 1.57. The first-order valence-electron chi connectivity index (χ1n) is 4.93. The predicted molar refractivity (Wildman–Crippen MR) is 59.7 cm³/mol. The molecule has 1 unspecified atom stereocenters. The van der Waals surface area contributed by atoms with Crippen molar-refractivity contribution < 1.29 is 14.4 Å². The lowest BCUT2D eigenvalue weighted by Gasteiger charge is -2.10. The molecule has 5 nitrogen and oxygen atoms in total. The maximum Gasteiger partial charge on any atom is 0.214 e. The maximum atomic E-state index is 10.6. The van der Waals surface area contributed by atoms with Gasteiger partial charge in [0.2, 0.25) is 6.04 Å². The molecule has 88 valence electrons. The van der Waals surface area contributed by atoms with Gasteiger partial charge in [-0.2, -0.15) is 0 Å². The van der Waals surface area contributed by atoms with E-state index in [9.17, 15) is 10.1 Å². The van der Waals surface area contributed by atoms with Crippen LogP contribution in [-0.2, 0) is 6.42 Å². The van der Waals surface area contributed by atoms with Gasteiger partial charge in [0, 0.05) is 29.9 Å². The van der Waals surface area contributed by atoms with Crippen LogP contribution in [0.5, 0.6) is 11.5 Å². The van der Waals surface area contributed by atoms with Gasteiger partial charge in [-0.15, -0.1) is 0 Å². The Morgan fingerprint density at radius 3 is 2.56 bits per heavy atom. The molecule has 0 aliphatic rings. The third kappa shape index (κ3) is 2.85. The number of rotatable bonds is 5. The number of methoxy groups -OCH3 is 2. The molecule has 1 aromatic carbocycles. The van der Waals surface area contributed by atoms with E-state index in [0.29, 0.717) is 17.9 Å². The molecule has 1 aromatic rings. The molecule has 0 N–H and O–H groups in total. The second-order valence-corrected chi connectivity index (χ2v) is 3.52. The molecule has 5 heteroatoms. The summed E-state index contributed by atoms with van der Waals surface area (Å²) in [5, 5.41) is 10.6. The Morgan fingerprint density at radius 1 is 1.38 bits per heavy atom. The molecular formula is C11H15NO4.